The molecule has 0 saturated heterocycles. The number of alkyl halides is 3. The first-order chi connectivity index (χ1) is 25.5. The van der Waals surface area contributed by atoms with Crippen LogP contribution in [0.1, 0.15) is 115 Å². The lowest BCUT2D eigenvalue weighted by molar-refractivity contribution is -0.138. The number of aliphatic hydroxyl groups is 1. The molecule has 0 spiro atoms. The second-order valence-corrected chi connectivity index (χ2v) is 14.0. The first-order valence-corrected chi connectivity index (χ1v) is 18.9. The minimum absolute atomic E-state index is 0.0182. The summed E-state index contributed by atoms with van der Waals surface area (Å²) < 4.78 is 55.8. The van der Waals surface area contributed by atoms with E-state index in [0.717, 1.165) is 11.6 Å². The SMILES string of the molecule is CCC(C)[C@H](NC(=O)[C@@]1(NC(=O)CNC(=O)Cc2ccccc2F)CCC(C)=C(c2cccc(C(F)(F)F)c2C)C1)C(=O)NCCCCCO.CCCC. The van der Waals surface area contributed by atoms with Crippen molar-refractivity contribution in [2.45, 2.75) is 124 Å². The molecule has 0 fully saturated rings. The maximum absolute atomic E-state index is 14.4. The van der Waals surface area contributed by atoms with Gasteiger partial charge in [-0.3, -0.25) is 19.2 Å². The van der Waals surface area contributed by atoms with Gasteiger partial charge in [-0.25, -0.2) is 4.39 Å². The summed E-state index contributed by atoms with van der Waals surface area (Å²) in [5.41, 5.74) is -0.871. The highest BCUT2D eigenvalue weighted by atomic mass is 19.4. The lowest BCUT2D eigenvalue weighted by Gasteiger charge is -2.40. The van der Waals surface area contributed by atoms with E-state index in [0.29, 0.717) is 43.4 Å². The summed E-state index contributed by atoms with van der Waals surface area (Å²) in [5.74, 6) is -3.36. The van der Waals surface area contributed by atoms with Crippen LogP contribution in [0, 0.1) is 18.7 Å². The number of amides is 4. The highest BCUT2D eigenvalue weighted by Crippen LogP contribution is 2.42. The molecule has 9 nitrogen and oxygen atoms in total. The van der Waals surface area contributed by atoms with Crippen LogP contribution in [0.4, 0.5) is 17.6 Å². The number of hydrogen-bond acceptors (Lipinski definition) is 5. The molecule has 3 atom stereocenters. The quantitative estimate of drug-likeness (QED) is 0.0879. The summed E-state index contributed by atoms with van der Waals surface area (Å²) >= 11 is 0. The molecule has 0 heterocycles. The van der Waals surface area contributed by atoms with E-state index in [1.165, 1.54) is 44.0 Å². The van der Waals surface area contributed by atoms with Gasteiger partial charge in [0.1, 0.15) is 17.4 Å². The van der Waals surface area contributed by atoms with Crippen LogP contribution in [0.3, 0.4) is 0 Å². The zero-order valence-electron chi connectivity index (χ0n) is 32.5. The van der Waals surface area contributed by atoms with Crippen molar-refractivity contribution in [3.8, 4) is 0 Å². The van der Waals surface area contributed by atoms with Crippen molar-refractivity contribution in [1.29, 1.82) is 0 Å². The highest BCUT2D eigenvalue weighted by Gasteiger charge is 2.45. The second kappa shape index (κ2) is 22.2. The van der Waals surface area contributed by atoms with Gasteiger partial charge in [-0.2, -0.15) is 13.2 Å². The maximum Gasteiger partial charge on any atom is 0.416 e. The van der Waals surface area contributed by atoms with Gasteiger partial charge in [-0.1, -0.05) is 82.9 Å². The number of rotatable bonds is 17. The fourth-order valence-corrected chi connectivity index (χ4v) is 6.13. The number of allylic oxidation sites excluding steroid dienone is 1. The molecule has 1 aliphatic rings. The summed E-state index contributed by atoms with van der Waals surface area (Å²) in [4.78, 5) is 53.7. The Balaban J connectivity index is 0.00000239. The third-order valence-electron chi connectivity index (χ3n) is 9.87. The Morgan fingerprint density at radius 1 is 0.907 bits per heavy atom. The van der Waals surface area contributed by atoms with Crippen molar-refractivity contribution in [3.63, 3.8) is 0 Å². The number of hydrogen-bond donors (Lipinski definition) is 5. The fourth-order valence-electron chi connectivity index (χ4n) is 6.13. The summed E-state index contributed by atoms with van der Waals surface area (Å²) in [6.45, 7) is 11.0. The normalized spacial score (nSPS) is 16.7. The molecular formula is C41H58F4N4O5. The van der Waals surface area contributed by atoms with Gasteiger partial charge in [0, 0.05) is 19.6 Å². The molecule has 13 heteroatoms. The molecule has 300 valence electrons. The summed E-state index contributed by atoms with van der Waals surface area (Å²) in [6, 6.07) is 8.58. The third kappa shape index (κ3) is 13.5. The minimum atomic E-state index is -4.61. The van der Waals surface area contributed by atoms with Crippen molar-refractivity contribution in [3.05, 3.63) is 76.1 Å². The predicted octanol–water partition coefficient (Wildman–Crippen LogP) is 6.94. The van der Waals surface area contributed by atoms with Crippen LogP contribution < -0.4 is 21.3 Å². The molecule has 0 aromatic heterocycles. The monoisotopic (exact) mass is 762 g/mol. The molecule has 2 aromatic rings. The van der Waals surface area contributed by atoms with Crippen LogP contribution in [0.5, 0.6) is 0 Å². The number of benzene rings is 2. The van der Waals surface area contributed by atoms with Gasteiger partial charge in [-0.15, -0.1) is 0 Å². The molecule has 5 N–H and O–H groups in total. The van der Waals surface area contributed by atoms with Gasteiger partial charge >= 0.3 is 6.18 Å². The molecule has 2 aromatic carbocycles. The molecule has 0 bridgehead atoms. The molecule has 1 aliphatic carbocycles. The third-order valence-corrected chi connectivity index (χ3v) is 9.87. The summed E-state index contributed by atoms with van der Waals surface area (Å²) in [7, 11) is 0. The lowest BCUT2D eigenvalue weighted by atomic mass is 9.74. The van der Waals surface area contributed by atoms with E-state index in [1.54, 1.807) is 26.0 Å². The van der Waals surface area contributed by atoms with Crippen molar-refractivity contribution in [1.82, 2.24) is 21.3 Å². The van der Waals surface area contributed by atoms with E-state index in [1.807, 2.05) is 6.92 Å². The van der Waals surface area contributed by atoms with Crippen molar-refractivity contribution in [2.24, 2.45) is 5.92 Å². The van der Waals surface area contributed by atoms with Crippen LogP contribution in [0.15, 0.2) is 48.0 Å². The number of carbonyl (C=O) groups excluding carboxylic acids is 4. The Hall–Kier alpha value is -4.26. The van der Waals surface area contributed by atoms with E-state index >= 15 is 0 Å². The van der Waals surface area contributed by atoms with Crippen molar-refractivity contribution < 1.29 is 41.8 Å². The average molecular weight is 763 g/mol. The average Bonchev–Trinajstić information content (AvgIpc) is 3.14. The largest absolute Gasteiger partial charge is 0.416 e. The van der Waals surface area contributed by atoms with E-state index in [4.69, 9.17) is 5.11 Å². The number of halogens is 4. The minimum Gasteiger partial charge on any atom is -0.396 e. The van der Waals surface area contributed by atoms with E-state index in [-0.39, 0.29) is 49.3 Å². The summed E-state index contributed by atoms with van der Waals surface area (Å²) in [6.07, 6.45) is 0.322. The Kier molecular flexibility index (Phi) is 18.9. The zero-order chi connectivity index (χ0) is 40.5. The Labute approximate surface area is 317 Å². The summed E-state index contributed by atoms with van der Waals surface area (Å²) in [5, 5.41) is 19.9. The topological polar surface area (TPSA) is 137 Å². The molecule has 54 heavy (non-hydrogen) atoms. The zero-order valence-corrected chi connectivity index (χ0v) is 32.5. The number of aliphatic hydroxyl groups excluding tert-OH is 1. The van der Waals surface area contributed by atoms with Crippen molar-refractivity contribution >= 4 is 29.2 Å². The second-order valence-electron chi connectivity index (χ2n) is 14.0. The van der Waals surface area contributed by atoms with Crippen LogP contribution in [0.2, 0.25) is 0 Å². The predicted molar refractivity (Wildman–Crippen MR) is 203 cm³/mol. The Bertz CT molecular complexity index is 1590. The van der Waals surface area contributed by atoms with Gasteiger partial charge in [0.15, 0.2) is 0 Å². The van der Waals surface area contributed by atoms with Gasteiger partial charge in [0.2, 0.25) is 23.6 Å². The first-order valence-electron chi connectivity index (χ1n) is 18.9. The number of carbonyl (C=O) groups is 4. The van der Waals surface area contributed by atoms with Gasteiger partial charge in [0.05, 0.1) is 18.5 Å². The smallest absolute Gasteiger partial charge is 0.396 e. The first kappa shape index (κ1) is 45.9. The van der Waals surface area contributed by atoms with E-state index in [2.05, 4.69) is 35.1 Å². The Morgan fingerprint density at radius 2 is 1.59 bits per heavy atom. The Morgan fingerprint density at radius 3 is 2.20 bits per heavy atom. The highest BCUT2D eigenvalue weighted by molar-refractivity contribution is 5.98. The molecule has 0 saturated carbocycles. The molecule has 0 aliphatic heterocycles. The van der Waals surface area contributed by atoms with Gasteiger partial charge in [0.25, 0.3) is 0 Å². The molecule has 4 amide bonds. The van der Waals surface area contributed by atoms with Crippen molar-refractivity contribution in [2.75, 3.05) is 19.7 Å². The maximum atomic E-state index is 14.4. The van der Waals surface area contributed by atoms with E-state index in [9.17, 15) is 36.7 Å². The fraction of sp³-hybridized carbons (Fsp3) is 0.561. The molecule has 1 unspecified atom stereocenters. The number of nitrogens with one attached hydrogen (secondary N) is 4. The number of unbranched alkanes of at least 4 members (excludes halogenated alkanes) is 3. The van der Waals surface area contributed by atoms with Crippen LogP contribution >= 0.6 is 0 Å². The van der Waals surface area contributed by atoms with Crippen LogP contribution in [-0.2, 0) is 31.8 Å². The van der Waals surface area contributed by atoms with E-state index < -0.39 is 59.3 Å². The molecular weight excluding hydrogens is 704 g/mol. The van der Waals surface area contributed by atoms with Crippen LogP contribution in [-0.4, -0.2) is 60.0 Å². The van der Waals surface area contributed by atoms with Gasteiger partial charge < -0.3 is 26.4 Å². The molecule has 3 rings (SSSR count). The molecule has 0 radical (unpaired) electrons. The lowest BCUT2D eigenvalue weighted by Crippen LogP contribution is -2.64. The van der Waals surface area contributed by atoms with Gasteiger partial charge in [-0.05, 0) is 86.3 Å². The van der Waals surface area contributed by atoms with Crippen LogP contribution in [0.25, 0.3) is 5.57 Å². The standard InChI is InChI=1S/C37H48F4N4O5.C4H10/c1-5-23(2)33(34(49)42-18-9-6-10-19-46)44-35(50)36(45-32(48)22-43-31(47)20-26-12-7-8-15-30(26)38)17-16-24(3)28(21-36)27-13-11-14-29(25(27)4)37(39,40)41;1-3-4-2/h7-8,11-15,23,33,46H,5-6,9-10,16-22H2,1-4H3,(H,42,49)(H,43,47)(H,44,50)(H,45,48);3-4H2,1-2H3/t23?,33-,36+;/m0./s1.